The fourth-order valence-corrected chi connectivity index (χ4v) is 3.06. The molecule has 1 aromatic rings. The fraction of sp³-hybridized carbons (Fsp3) is 0.438. The van der Waals surface area contributed by atoms with Crippen LogP contribution in [-0.2, 0) is 9.59 Å². The minimum absolute atomic E-state index is 0.00394. The molecule has 1 atom stereocenters. The standard InChI is InChI=1S/C16H18N2O3/c19-14(12-5-2-1-3-6-12)8-10-17-11-15(20)18-9-4-7-13(18)16(17)21/h1-3,5-6,13H,4,7-11H2. The van der Waals surface area contributed by atoms with Crippen LogP contribution < -0.4 is 0 Å². The lowest BCUT2D eigenvalue weighted by Crippen LogP contribution is -2.57. The predicted molar refractivity (Wildman–Crippen MR) is 76.7 cm³/mol. The fourth-order valence-electron chi connectivity index (χ4n) is 3.06. The molecule has 0 saturated carbocycles. The first-order chi connectivity index (χ1) is 10.2. The zero-order valence-corrected chi connectivity index (χ0v) is 11.8. The smallest absolute Gasteiger partial charge is 0.245 e. The number of Topliss-reactive ketones (excluding diaryl/α,β-unsaturated/α-hetero) is 1. The first kappa shape index (κ1) is 13.8. The van der Waals surface area contributed by atoms with Crippen molar-refractivity contribution >= 4 is 17.6 Å². The SMILES string of the molecule is O=C(CCN1CC(=O)N2CCCC2C1=O)c1ccccc1. The van der Waals surface area contributed by atoms with Crippen molar-refractivity contribution in [3.8, 4) is 0 Å². The Labute approximate surface area is 123 Å². The van der Waals surface area contributed by atoms with Gasteiger partial charge in [0, 0.05) is 25.1 Å². The van der Waals surface area contributed by atoms with Crippen LogP contribution in [0, 0.1) is 0 Å². The van der Waals surface area contributed by atoms with Crippen molar-refractivity contribution in [1.29, 1.82) is 0 Å². The van der Waals surface area contributed by atoms with E-state index < -0.39 is 0 Å². The van der Waals surface area contributed by atoms with Crippen LogP contribution in [0.15, 0.2) is 30.3 Å². The molecule has 5 nitrogen and oxygen atoms in total. The molecule has 0 aliphatic carbocycles. The van der Waals surface area contributed by atoms with Crippen LogP contribution in [0.4, 0.5) is 0 Å². The van der Waals surface area contributed by atoms with Gasteiger partial charge < -0.3 is 9.80 Å². The number of carbonyl (C=O) groups is 3. The zero-order valence-electron chi connectivity index (χ0n) is 11.8. The Kier molecular flexibility index (Phi) is 3.73. The first-order valence-corrected chi connectivity index (χ1v) is 7.33. The van der Waals surface area contributed by atoms with E-state index in [9.17, 15) is 14.4 Å². The summed E-state index contributed by atoms with van der Waals surface area (Å²) in [5.74, 6) is 0.00178. The number of hydrogen-bond donors (Lipinski definition) is 0. The topological polar surface area (TPSA) is 57.7 Å². The summed E-state index contributed by atoms with van der Waals surface area (Å²) < 4.78 is 0. The monoisotopic (exact) mass is 286 g/mol. The van der Waals surface area contributed by atoms with Crippen LogP contribution in [-0.4, -0.2) is 53.1 Å². The number of fused-ring (bicyclic) bond motifs is 1. The number of ketones is 1. The van der Waals surface area contributed by atoms with Gasteiger partial charge in [-0.1, -0.05) is 30.3 Å². The lowest BCUT2D eigenvalue weighted by Gasteiger charge is -2.36. The highest BCUT2D eigenvalue weighted by Crippen LogP contribution is 2.23. The zero-order chi connectivity index (χ0) is 14.8. The highest BCUT2D eigenvalue weighted by atomic mass is 16.2. The molecule has 2 fully saturated rings. The summed E-state index contributed by atoms with van der Waals surface area (Å²) >= 11 is 0. The van der Waals surface area contributed by atoms with E-state index >= 15 is 0 Å². The van der Waals surface area contributed by atoms with E-state index in [1.165, 1.54) is 4.90 Å². The maximum atomic E-state index is 12.3. The summed E-state index contributed by atoms with van der Waals surface area (Å²) in [7, 11) is 0. The van der Waals surface area contributed by atoms with Gasteiger partial charge in [-0.15, -0.1) is 0 Å². The van der Waals surface area contributed by atoms with Gasteiger partial charge in [0.1, 0.15) is 6.04 Å². The molecule has 2 heterocycles. The molecule has 2 aliphatic heterocycles. The van der Waals surface area contributed by atoms with Gasteiger partial charge in [0.25, 0.3) is 0 Å². The quantitative estimate of drug-likeness (QED) is 0.779. The summed E-state index contributed by atoms with van der Waals surface area (Å²) in [5.41, 5.74) is 0.649. The molecular weight excluding hydrogens is 268 g/mol. The van der Waals surface area contributed by atoms with Crippen molar-refractivity contribution in [3.05, 3.63) is 35.9 Å². The van der Waals surface area contributed by atoms with E-state index in [-0.39, 0.29) is 36.6 Å². The molecule has 1 aromatic carbocycles. The number of rotatable bonds is 4. The average Bonchev–Trinajstić information content (AvgIpc) is 3.00. The van der Waals surface area contributed by atoms with Crippen molar-refractivity contribution in [3.63, 3.8) is 0 Å². The van der Waals surface area contributed by atoms with Crippen molar-refractivity contribution in [1.82, 2.24) is 9.80 Å². The van der Waals surface area contributed by atoms with Crippen molar-refractivity contribution < 1.29 is 14.4 Å². The van der Waals surface area contributed by atoms with Crippen LogP contribution in [0.5, 0.6) is 0 Å². The highest BCUT2D eigenvalue weighted by Gasteiger charge is 2.41. The van der Waals surface area contributed by atoms with Crippen molar-refractivity contribution in [2.24, 2.45) is 0 Å². The van der Waals surface area contributed by atoms with Gasteiger partial charge in [-0.2, -0.15) is 0 Å². The molecule has 0 bridgehead atoms. The molecule has 0 radical (unpaired) electrons. The van der Waals surface area contributed by atoms with E-state index in [1.807, 2.05) is 18.2 Å². The third kappa shape index (κ3) is 2.68. The number of carbonyl (C=O) groups excluding carboxylic acids is 3. The Morgan fingerprint density at radius 1 is 1.19 bits per heavy atom. The summed E-state index contributed by atoms with van der Waals surface area (Å²) in [6.07, 6.45) is 1.89. The third-order valence-corrected chi connectivity index (χ3v) is 4.20. The lowest BCUT2D eigenvalue weighted by molar-refractivity contribution is -0.153. The molecule has 2 amide bonds. The van der Waals surface area contributed by atoms with E-state index in [0.717, 1.165) is 12.8 Å². The van der Waals surface area contributed by atoms with Gasteiger partial charge >= 0.3 is 0 Å². The van der Waals surface area contributed by atoms with E-state index in [2.05, 4.69) is 0 Å². The van der Waals surface area contributed by atoms with Crippen LogP contribution in [0.3, 0.4) is 0 Å². The lowest BCUT2D eigenvalue weighted by atomic mass is 10.1. The second-order valence-corrected chi connectivity index (χ2v) is 5.54. The van der Waals surface area contributed by atoms with E-state index in [4.69, 9.17) is 0 Å². The molecule has 2 saturated heterocycles. The molecule has 1 unspecified atom stereocenters. The van der Waals surface area contributed by atoms with E-state index in [1.54, 1.807) is 17.0 Å². The maximum absolute atomic E-state index is 12.3. The predicted octanol–water partition coefficient (Wildman–Crippen LogP) is 1.09. The first-order valence-electron chi connectivity index (χ1n) is 7.33. The Hall–Kier alpha value is -2.17. The molecule has 5 heteroatoms. The summed E-state index contributed by atoms with van der Waals surface area (Å²) in [5, 5.41) is 0. The van der Waals surface area contributed by atoms with Gasteiger partial charge in [0.05, 0.1) is 6.54 Å². The van der Waals surface area contributed by atoms with E-state index in [0.29, 0.717) is 18.7 Å². The maximum Gasteiger partial charge on any atom is 0.245 e. The number of amides is 2. The normalized spacial score (nSPS) is 21.6. The minimum atomic E-state index is -0.293. The third-order valence-electron chi connectivity index (χ3n) is 4.20. The number of benzene rings is 1. The second-order valence-electron chi connectivity index (χ2n) is 5.54. The Morgan fingerprint density at radius 2 is 1.95 bits per heavy atom. The molecule has 0 aromatic heterocycles. The second kappa shape index (κ2) is 5.68. The molecule has 0 N–H and O–H groups in total. The van der Waals surface area contributed by atoms with Gasteiger partial charge in [0.15, 0.2) is 5.78 Å². The van der Waals surface area contributed by atoms with Gasteiger partial charge in [0.2, 0.25) is 11.8 Å². The van der Waals surface area contributed by atoms with Gasteiger partial charge in [-0.25, -0.2) is 0 Å². The Bertz CT molecular complexity index is 570. The summed E-state index contributed by atoms with van der Waals surface area (Å²) in [4.78, 5) is 39.6. The minimum Gasteiger partial charge on any atom is -0.331 e. The number of piperazine rings is 1. The Morgan fingerprint density at radius 3 is 2.71 bits per heavy atom. The molecule has 21 heavy (non-hydrogen) atoms. The average molecular weight is 286 g/mol. The van der Waals surface area contributed by atoms with Crippen molar-refractivity contribution in [2.75, 3.05) is 19.6 Å². The van der Waals surface area contributed by atoms with Gasteiger partial charge in [-0.3, -0.25) is 14.4 Å². The van der Waals surface area contributed by atoms with Crippen LogP contribution >= 0.6 is 0 Å². The van der Waals surface area contributed by atoms with Crippen molar-refractivity contribution in [2.45, 2.75) is 25.3 Å². The summed E-state index contributed by atoms with van der Waals surface area (Å²) in [6, 6.07) is 8.74. The Balaban J connectivity index is 1.61. The molecule has 110 valence electrons. The number of nitrogens with zero attached hydrogens (tertiary/aromatic N) is 2. The van der Waals surface area contributed by atoms with Crippen LogP contribution in [0.25, 0.3) is 0 Å². The van der Waals surface area contributed by atoms with Crippen LogP contribution in [0.2, 0.25) is 0 Å². The van der Waals surface area contributed by atoms with Gasteiger partial charge in [-0.05, 0) is 12.8 Å². The largest absolute Gasteiger partial charge is 0.331 e. The molecular formula is C16H18N2O3. The molecule has 3 rings (SSSR count). The van der Waals surface area contributed by atoms with Crippen LogP contribution in [0.1, 0.15) is 29.6 Å². The number of hydrogen-bond acceptors (Lipinski definition) is 3. The summed E-state index contributed by atoms with van der Waals surface area (Å²) in [6.45, 7) is 1.12. The molecule has 0 spiro atoms. The highest BCUT2D eigenvalue weighted by molar-refractivity contribution is 5.98. The molecule has 2 aliphatic rings.